The molecule has 0 bridgehead atoms. The third kappa shape index (κ3) is 14.9. The topological polar surface area (TPSA) is 105 Å². The van der Waals surface area contributed by atoms with Crippen LogP contribution in [0.4, 0.5) is 13.2 Å². The minimum atomic E-state index is -5.08. The van der Waals surface area contributed by atoms with Gasteiger partial charge in [0.15, 0.2) is 0 Å². The molecule has 0 aliphatic carbocycles. The van der Waals surface area contributed by atoms with Crippen molar-refractivity contribution in [3.8, 4) is 5.75 Å². The number of unbranched alkanes of at least 4 members (excludes halogenated alkanes) is 1. The maximum Gasteiger partial charge on any atom is 0.490 e. The Morgan fingerprint density at radius 3 is 2.18 bits per heavy atom. The maximum atomic E-state index is 10.6. The maximum absolute atomic E-state index is 10.6. The van der Waals surface area contributed by atoms with Crippen molar-refractivity contribution in [2.24, 2.45) is 0 Å². The lowest BCUT2D eigenvalue weighted by atomic mass is 10.1. The van der Waals surface area contributed by atoms with Crippen LogP contribution in [0.15, 0.2) is 54.6 Å². The summed E-state index contributed by atoms with van der Waals surface area (Å²) in [6, 6.07) is 18.2. The van der Waals surface area contributed by atoms with E-state index in [0.29, 0.717) is 19.8 Å². The summed E-state index contributed by atoms with van der Waals surface area (Å²) in [4.78, 5) is 19.4. The predicted molar refractivity (Wildman–Crippen MR) is 120 cm³/mol. The Labute approximate surface area is 196 Å². The van der Waals surface area contributed by atoms with Gasteiger partial charge in [0.2, 0.25) is 0 Å². The largest absolute Gasteiger partial charge is 0.494 e. The van der Waals surface area contributed by atoms with Crippen LogP contribution in [0.2, 0.25) is 0 Å². The van der Waals surface area contributed by atoms with E-state index in [0.717, 1.165) is 38.2 Å². The van der Waals surface area contributed by atoms with Gasteiger partial charge in [-0.05, 0) is 49.1 Å². The second kappa shape index (κ2) is 16.5. The first-order valence-corrected chi connectivity index (χ1v) is 10.7. The monoisotopic (exact) mass is 485 g/mol. The van der Waals surface area contributed by atoms with Crippen molar-refractivity contribution >= 4 is 11.9 Å². The third-order valence-corrected chi connectivity index (χ3v) is 4.31. The minimum Gasteiger partial charge on any atom is -0.494 e. The molecule has 0 saturated heterocycles. The van der Waals surface area contributed by atoms with Crippen LogP contribution >= 0.6 is 0 Å². The van der Waals surface area contributed by atoms with Crippen LogP contribution in [0.25, 0.3) is 0 Å². The van der Waals surface area contributed by atoms with Gasteiger partial charge in [-0.2, -0.15) is 13.2 Å². The summed E-state index contributed by atoms with van der Waals surface area (Å²) in [6.45, 7) is 3.33. The normalized spacial score (nSPS) is 10.8. The number of benzene rings is 2. The molecule has 2 aromatic carbocycles. The Bertz CT molecular complexity index is 846. The fourth-order valence-corrected chi connectivity index (χ4v) is 2.60. The summed E-state index contributed by atoms with van der Waals surface area (Å²) in [5, 5.41) is 18.9. The fourth-order valence-electron chi connectivity index (χ4n) is 2.60. The molecular formula is C24H30F3NO6. The Hall–Kier alpha value is -3.11. The summed E-state index contributed by atoms with van der Waals surface area (Å²) in [5.41, 5.74) is 2.38. The van der Waals surface area contributed by atoms with E-state index in [9.17, 15) is 18.0 Å². The molecule has 188 valence electrons. The van der Waals surface area contributed by atoms with Gasteiger partial charge in [-0.3, -0.25) is 4.79 Å². The number of nitrogens with one attached hydrogen (secondary N) is 1. The van der Waals surface area contributed by atoms with Crippen LogP contribution in [0, 0.1) is 0 Å². The van der Waals surface area contributed by atoms with E-state index in [-0.39, 0.29) is 6.42 Å². The van der Waals surface area contributed by atoms with Crippen molar-refractivity contribution in [3.05, 3.63) is 65.7 Å². The molecule has 0 fully saturated rings. The highest BCUT2D eigenvalue weighted by Gasteiger charge is 2.38. The summed E-state index contributed by atoms with van der Waals surface area (Å²) in [5.74, 6) is -2.65. The molecule has 7 nitrogen and oxygen atoms in total. The number of carbonyl (C=O) groups is 2. The lowest BCUT2D eigenvalue weighted by molar-refractivity contribution is -0.192. The predicted octanol–water partition coefficient (Wildman–Crippen LogP) is 4.30. The molecule has 0 amide bonds. The second-order valence-corrected chi connectivity index (χ2v) is 7.19. The van der Waals surface area contributed by atoms with Gasteiger partial charge < -0.3 is 25.0 Å². The second-order valence-electron chi connectivity index (χ2n) is 7.19. The fraction of sp³-hybridized carbons (Fsp3) is 0.417. The summed E-state index contributed by atoms with van der Waals surface area (Å²) in [6.07, 6.45) is -2.15. The highest BCUT2D eigenvalue weighted by atomic mass is 19.4. The molecule has 0 aliphatic heterocycles. The van der Waals surface area contributed by atoms with Crippen molar-refractivity contribution in [2.75, 3.05) is 26.3 Å². The summed E-state index contributed by atoms with van der Waals surface area (Å²) < 4.78 is 43.2. The SMILES string of the molecule is O=C(O)C(F)(F)F.O=C(O)CCNCCc1cccc(OCCCCOCc2ccccc2)c1. The molecule has 10 heteroatoms. The van der Waals surface area contributed by atoms with Crippen LogP contribution in [-0.4, -0.2) is 54.6 Å². The summed E-state index contributed by atoms with van der Waals surface area (Å²) >= 11 is 0. The molecule has 2 aromatic rings. The number of hydrogen-bond acceptors (Lipinski definition) is 5. The van der Waals surface area contributed by atoms with Crippen LogP contribution in [-0.2, 0) is 27.4 Å². The Morgan fingerprint density at radius 1 is 0.882 bits per heavy atom. The molecule has 0 radical (unpaired) electrons. The minimum absolute atomic E-state index is 0.151. The van der Waals surface area contributed by atoms with Gasteiger partial charge in [0, 0.05) is 13.2 Å². The zero-order chi connectivity index (χ0) is 25.2. The zero-order valence-electron chi connectivity index (χ0n) is 18.7. The molecule has 0 spiro atoms. The number of aliphatic carboxylic acids is 2. The van der Waals surface area contributed by atoms with Crippen LogP contribution < -0.4 is 10.1 Å². The lowest BCUT2D eigenvalue weighted by Gasteiger charge is -2.09. The molecular weight excluding hydrogens is 455 g/mol. The van der Waals surface area contributed by atoms with Crippen molar-refractivity contribution in [2.45, 2.75) is 38.5 Å². The van der Waals surface area contributed by atoms with Gasteiger partial charge in [0.25, 0.3) is 0 Å². The molecule has 0 aromatic heterocycles. The van der Waals surface area contributed by atoms with E-state index >= 15 is 0 Å². The average molecular weight is 485 g/mol. The number of rotatable bonds is 14. The Balaban J connectivity index is 0.000000718. The van der Waals surface area contributed by atoms with Gasteiger partial charge in [0.05, 0.1) is 19.6 Å². The first kappa shape index (κ1) is 28.9. The highest BCUT2D eigenvalue weighted by molar-refractivity contribution is 5.73. The molecule has 0 saturated carbocycles. The van der Waals surface area contributed by atoms with Gasteiger partial charge in [-0.15, -0.1) is 0 Å². The molecule has 3 N–H and O–H groups in total. The molecule has 0 atom stereocenters. The average Bonchev–Trinajstić information content (AvgIpc) is 2.79. The van der Waals surface area contributed by atoms with Crippen molar-refractivity contribution in [1.29, 1.82) is 0 Å². The Morgan fingerprint density at radius 2 is 1.53 bits per heavy atom. The van der Waals surface area contributed by atoms with Crippen molar-refractivity contribution in [1.82, 2.24) is 5.32 Å². The van der Waals surface area contributed by atoms with Crippen LogP contribution in [0.1, 0.15) is 30.4 Å². The number of ether oxygens (including phenoxy) is 2. The van der Waals surface area contributed by atoms with Gasteiger partial charge in [-0.25, -0.2) is 4.79 Å². The summed E-state index contributed by atoms with van der Waals surface area (Å²) in [7, 11) is 0. The van der Waals surface area contributed by atoms with Crippen molar-refractivity contribution in [3.63, 3.8) is 0 Å². The van der Waals surface area contributed by atoms with Gasteiger partial charge >= 0.3 is 18.1 Å². The number of carboxylic acids is 2. The quantitative estimate of drug-likeness (QED) is 0.343. The number of alkyl halides is 3. The number of carboxylic acid groups (broad SMARTS) is 2. The molecule has 0 unspecified atom stereocenters. The lowest BCUT2D eigenvalue weighted by Crippen LogP contribution is -2.21. The first-order valence-electron chi connectivity index (χ1n) is 10.7. The number of hydrogen-bond donors (Lipinski definition) is 3. The third-order valence-electron chi connectivity index (χ3n) is 4.31. The highest BCUT2D eigenvalue weighted by Crippen LogP contribution is 2.14. The van der Waals surface area contributed by atoms with E-state index in [4.69, 9.17) is 24.5 Å². The van der Waals surface area contributed by atoms with Crippen LogP contribution in [0.5, 0.6) is 5.75 Å². The first-order chi connectivity index (χ1) is 16.2. The number of halogens is 3. The Kier molecular flexibility index (Phi) is 14.0. The van der Waals surface area contributed by atoms with Gasteiger partial charge in [-0.1, -0.05) is 42.5 Å². The van der Waals surface area contributed by atoms with Gasteiger partial charge in [0.1, 0.15) is 5.75 Å². The standard InChI is InChI=1S/C22H29NO4.C2HF3O2/c24-22(25)12-14-23-13-11-19-9-6-10-21(17-19)27-16-5-4-15-26-18-20-7-2-1-3-8-20;3-2(4,5)1(6)7/h1-3,6-10,17,23H,4-5,11-16,18H2,(H,24,25);(H,6,7). The molecule has 0 aliphatic rings. The van der Waals surface area contributed by atoms with E-state index < -0.39 is 18.1 Å². The van der Waals surface area contributed by atoms with Crippen molar-refractivity contribution < 1.29 is 42.4 Å². The molecule has 2 rings (SSSR count). The smallest absolute Gasteiger partial charge is 0.490 e. The van der Waals surface area contributed by atoms with Crippen LogP contribution in [0.3, 0.4) is 0 Å². The van der Waals surface area contributed by atoms with E-state index in [1.807, 2.05) is 36.4 Å². The molecule has 34 heavy (non-hydrogen) atoms. The van der Waals surface area contributed by atoms with E-state index in [1.54, 1.807) is 0 Å². The zero-order valence-corrected chi connectivity index (χ0v) is 18.7. The van der Waals surface area contributed by atoms with E-state index in [1.165, 1.54) is 11.1 Å². The van der Waals surface area contributed by atoms with E-state index in [2.05, 4.69) is 23.5 Å². The molecule has 0 heterocycles.